The quantitative estimate of drug-likeness (QED) is 0.334. The van der Waals surface area contributed by atoms with Gasteiger partial charge in [0.15, 0.2) is 5.82 Å². The number of rotatable bonds is 8. The zero-order valence-electron chi connectivity index (χ0n) is 17.6. The van der Waals surface area contributed by atoms with Gasteiger partial charge in [0.1, 0.15) is 17.9 Å². The number of hydrogen-bond donors (Lipinski definition) is 4. The van der Waals surface area contributed by atoms with Crippen molar-refractivity contribution in [1.82, 2.24) is 40.5 Å². The van der Waals surface area contributed by atoms with Crippen LogP contribution in [-0.4, -0.2) is 52.3 Å². The van der Waals surface area contributed by atoms with Gasteiger partial charge in [-0.1, -0.05) is 37.5 Å². The molecule has 10 heteroatoms. The van der Waals surface area contributed by atoms with Gasteiger partial charge in [-0.3, -0.25) is 10.1 Å². The molecule has 5 rings (SSSR count). The fraction of sp³-hybridized carbons (Fsp3) is 0.409. The maximum atomic E-state index is 12.3. The second-order valence-corrected chi connectivity index (χ2v) is 8.30. The van der Waals surface area contributed by atoms with Crippen molar-refractivity contribution in [3.8, 4) is 0 Å². The third kappa shape index (κ3) is 4.01. The number of nitrogens with zero attached hydrogens (tertiary/aromatic N) is 5. The van der Waals surface area contributed by atoms with Crippen molar-refractivity contribution in [3.63, 3.8) is 0 Å². The van der Waals surface area contributed by atoms with Gasteiger partial charge in [-0.05, 0) is 34.9 Å². The molecule has 1 aromatic carbocycles. The van der Waals surface area contributed by atoms with Crippen molar-refractivity contribution in [2.75, 3.05) is 0 Å². The summed E-state index contributed by atoms with van der Waals surface area (Å²) in [6, 6.07) is 6.65. The Balaban J connectivity index is 1.46. The first kappa shape index (κ1) is 20.4. The smallest absolute Gasteiger partial charge is 0.321 e. The number of carboxylic acid groups (broad SMARTS) is 1. The summed E-state index contributed by atoms with van der Waals surface area (Å²) >= 11 is 0. The largest absolute Gasteiger partial charge is 0.480 e. The van der Waals surface area contributed by atoms with E-state index >= 15 is 0 Å². The molecule has 166 valence electrons. The number of carboxylic acids is 1. The Hall–Kier alpha value is -3.53. The van der Waals surface area contributed by atoms with Crippen LogP contribution in [0.25, 0.3) is 10.9 Å². The van der Waals surface area contributed by atoms with E-state index in [0.717, 1.165) is 42.1 Å². The molecule has 0 bridgehead atoms. The van der Waals surface area contributed by atoms with Crippen LogP contribution in [0.3, 0.4) is 0 Å². The Labute approximate surface area is 184 Å². The van der Waals surface area contributed by atoms with E-state index in [1.165, 1.54) is 6.42 Å². The van der Waals surface area contributed by atoms with E-state index < -0.39 is 18.1 Å². The van der Waals surface area contributed by atoms with Crippen LogP contribution >= 0.6 is 0 Å². The third-order valence-corrected chi connectivity index (χ3v) is 6.25. The summed E-state index contributed by atoms with van der Waals surface area (Å²) in [5.74, 6) is 0.225. The maximum Gasteiger partial charge on any atom is 0.321 e. The number of carbonyl (C=O) groups is 1. The van der Waals surface area contributed by atoms with Gasteiger partial charge in [0.2, 0.25) is 0 Å². The van der Waals surface area contributed by atoms with E-state index in [-0.39, 0.29) is 6.04 Å². The minimum atomic E-state index is -0.941. The Morgan fingerprint density at radius 3 is 2.84 bits per heavy atom. The summed E-state index contributed by atoms with van der Waals surface area (Å²) in [5, 5.41) is 26.8. The molecule has 32 heavy (non-hydrogen) atoms. The molecule has 1 aliphatic rings. The fourth-order valence-corrected chi connectivity index (χ4v) is 4.63. The Bertz CT molecular complexity index is 1180. The number of imidazole rings is 1. The number of benzene rings is 1. The fourth-order valence-electron chi connectivity index (χ4n) is 4.63. The number of nitrogens with one attached hydrogen (secondary N) is 3. The van der Waals surface area contributed by atoms with Gasteiger partial charge in [-0.15, -0.1) is 5.10 Å². The first-order chi connectivity index (χ1) is 15.7. The standard InChI is InChI=1S/C22H26N8O2/c31-22(32)18(12-14-13-25-17-9-5-4-8-16(14)17)26-19(20-23-10-11-24-20)21-27-28-29-30(21)15-6-2-1-3-7-15/h4-5,8-11,13,15,18-19,25-26H,1-3,6-7,12H2,(H,23,24)(H,31,32)/t18-,19?/m0/s1. The van der Waals surface area contributed by atoms with E-state index in [1.807, 2.05) is 35.1 Å². The lowest BCUT2D eigenvalue weighted by molar-refractivity contribution is -0.139. The van der Waals surface area contributed by atoms with Gasteiger partial charge >= 0.3 is 5.97 Å². The Morgan fingerprint density at radius 2 is 2.06 bits per heavy atom. The van der Waals surface area contributed by atoms with Gasteiger partial charge in [0.25, 0.3) is 0 Å². The molecule has 2 atom stereocenters. The molecule has 1 fully saturated rings. The van der Waals surface area contributed by atoms with E-state index in [2.05, 4.69) is 35.8 Å². The summed E-state index contributed by atoms with van der Waals surface area (Å²) in [7, 11) is 0. The number of fused-ring (bicyclic) bond motifs is 1. The highest BCUT2D eigenvalue weighted by Crippen LogP contribution is 2.30. The number of aliphatic carboxylic acids is 1. The number of tetrazole rings is 1. The van der Waals surface area contributed by atoms with Gasteiger partial charge < -0.3 is 15.1 Å². The zero-order chi connectivity index (χ0) is 21.9. The number of hydrogen-bond acceptors (Lipinski definition) is 6. The average Bonchev–Trinajstić information content (AvgIpc) is 3.58. The predicted molar refractivity (Wildman–Crippen MR) is 117 cm³/mol. The predicted octanol–water partition coefficient (Wildman–Crippen LogP) is 2.76. The van der Waals surface area contributed by atoms with Crippen molar-refractivity contribution >= 4 is 16.9 Å². The molecule has 1 aliphatic carbocycles. The van der Waals surface area contributed by atoms with Gasteiger partial charge in [-0.25, -0.2) is 9.67 Å². The molecular formula is C22H26N8O2. The first-order valence-electron chi connectivity index (χ1n) is 11.0. The van der Waals surface area contributed by atoms with Crippen molar-refractivity contribution in [2.45, 2.75) is 56.7 Å². The van der Waals surface area contributed by atoms with Gasteiger partial charge in [-0.2, -0.15) is 0 Å². The van der Waals surface area contributed by atoms with Crippen molar-refractivity contribution in [2.24, 2.45) is 0 Å². The van der Waals surface area contributed by atoms with Crippen LogP contribution in [0.4, 0.5) is 0 Å². The molecule has 4 N–H and O–H groups in total. The summed E-state index contributed by atoms with van der Waals surface area (Å²) in [6.45, 7) is 0. The second kappa shape index (κ2) is 8.91. The van der Waals surface area contributed by atoms with E-state index in [1.54, 1.807) is 12.4 Å². The highest BCUT2D eigenvalue weighted by Gasteiger charge is 2.32. The SMILES string of the molecule is O=C(O)[C@H](Cc1c[nH]c2ccccc12)NC(c1ncc[nH]1)c1nnnn1C1CCCCC1. The lowest BCUT2D eigenvalue weighted by Gasteiger charge is -2.26. The molecule has 4 aromatic rings. The lowest BCUT2D eigenvalue weighted by Crippen LogP contribution is -2.42. The Morgan fingerprint density at radius 1 is 1.22 bits per heavy atom. The molecule has 3 aromatic heterocycles. The highest BCUT2D eigenvalue weighted by atomic mass is 16.4. The van der Waals surface area contributed by atoms with Crippen LogP contribution < -0.4 is 5.32 Å². The molecule has 10 nitrogen and oxygen atoms in total. The first-order valence-corrected chi connectivity index (χ1v) is 11.0. The highest BCUT2D eigenvalue weighted by molar-refractivity contribution is 5.84. The molecule has 1 saturated carbocycles. The minimum absolute atomic E-state index is 0.213. The maximum absolute atomic E-state index is 12.3. The molecular weight excluding hydrogens is 408 g/mol. The molecule has 0 spiro atoms. The number of para-hydroxylation sites is 1. The van der Waals surface area contributed by atoms with Crippen LogP contribution in [0.1, 0.15) is 61.4 Å². The summed E-state index contributed by atoms with van der Waals surface area (Å²) in [5.41, 5.74) is 1.92. The molecule has 3 heterocycles. The summed E-state index contributed by atoms with van der Waals surface area (Å²) in [6.07, 6.45) is 11.1. The molecule has 0 aliphatic heterocycles. The monoisotopic (exact) mass is 434 g/mol. The van der Waals surface area contributed by atoms with Crippen molar-refractivity contribution < 1.29 is 9.90 Å². The number of H-pyrrole nitrogens is 2. The second-order valence-electron chi connectivity index (χ2n) is 8.30. The molecule has 0 saturated heterocycles. The van der Waals surface area contributed by atoms with Gasteiger partial charge in [0, 0.05) is 35.9 Å². The van der Waals surface area contributed by atoms with Crippen LogP contribution in [0.2, 0.25) is 0 Å². The zero-order valence-corrected chi connectivity index (χ0v) is 17.6. The molecule has 1 unspecified atom stereocenters. The van der Waals surface area contributed by atoms with E-state index in [0.29, 0.717) is 18.1 Å². The normalized spacial score (nSPS) is 16.9. The number of aromatic nitrogens is 7. The average molecular weight is 435 g/mol. The van der Waals surface area contributed by atoms with Crippen LogP contribution in [0.5, 0.6) is 0 Å². The van der Waals surface area contributed by atoms with Crippen molar-refractivity contribution in [3.05, 3.63) is 60.1 Å². The van der Waals surface area contributed by atoms with Crippen LogP contribution in [-0.2, 0) is 11.2 Å². The lowest BCUT2D eigenvalue weighted by atomic mass is 9.95. The summed E-state index contributed by atoms with van der Waals surface area (Å²) in [4.78, 5) is 23.0. The van der Waals surface area contributed by atoms with E-state index in [4.69, 9.17) is 0 Å². The molecule has 0 amide bonds. The third-order valence-electron chi connectivity index (χ3n) is 6.25. The summed E-state index contributed by atoms with van der Waals surface area (Å²) < 4.78 is 1.85. The van der Waals surface area contributed by atoms with Crippen molar-refractivity contribution in [1.29, 1.82) is 0 Å². The minimum Gasteiger partial charge on any atom is -0.480 e. The Kier molecular flexibility index (Phi) is 5.68. The molecule has 0 radical (unpaired) electrons. The topological polar surface area (TPSA) is 137 Å². The van der Waals surface area contributed by atoms with Gasteiger partial charge in [0.05, 0.1) is 6.04 Å². The van der Waals surface area contributed by atoms with Crippen LogP contribution in [0, 0.1) is 0 Å². The van der Waals surface area contributed by atoms with E-state index in [9.17, 15) is 9.90 Å². The number of aromatic amines is 2. The van der Waals surface area contributed by atoms with Crippen LogP contribution in [0.15, 0.2) is 42.9 Å².